The van der Waals surface area contributed by atoms with E-state index in [9.17, 15) is 13.2 Å². The van der Waals surface area contributed by atoms with Gasteiger partial charge in [-0.3, -0.25) is 0 Å². The third kappa shape index (κ3) is 4.04. The molecule has 0 unspecified atom stereocenters. The van der Waals surface area contributed by atoms with Crippen LogP contribution in [0.1, 0.15) is 5.56 Å². The summed E-state index contributed by atoms with van der Waals surface area (Å²) in [7, 11) is 0. The van der Waals surface area contributed by atoms with Gasteiger partial charge in [-0.15, -0.1) is 12.4 Å². The Labute approximate surface area is 163 Å². The number of nitrogens with zero attached hydrogens (tertiary/aromatic N) is 3. The molecule has 138 valence electrons. The summed E-state index contributed by atoms with van der Waals surface area (Å²) in [5.41, 5.74) is 1.33. The van der Waals surface area contributed by atoms with Crippen molar-refractivity contribution < 1.29 is 13.2 Å². The molecule has 4 aromatic rings. The third-order valence-electron chi connectivity index (χ3n) is 3.79. The first-order chi connectivity index (χ1) is 12.6. The molecule has 0 aliphatic carbocycles. The van der Waals surface area contributed by atoms with E-state index in [0.29, 0.717) is 21.0 Å². The van der Waals surface area contributed by atoms with Crippen molar-refractivity contribution in [2.45, 2.75) is 6.54 Å². The zero-order chi connectivity index (χ0) is 18.1. The van der Waals surface area contributed by atoms with Gasteiger partial charge in [0.1, 0.15) is 27.8 Å². The first-order valence-corrected chi connectivity index (χ1v) is 8.60. The van der Waals surface area contributed by atoms with E-state index in [0.717, 1.165) is 6.07 Å². The normalized spacial score (nSPS) is 10.6. The van der Waals surface area contributed by atoms with Crippen LogP contribution < -0.4 is 4.90 Å². The fourth-order valence-electron chi connectivity index (χ4n) is 2.69. The molecule has 8 heteroatoms. The highest BCUT2D eigenvalue weighted by molar-refractivity contribution is 7.21. The van der Waals surface area contributed by atoms with Gasteiger partial charge in [0, 0.05) is 12.3 Å². The molecule has 0 aliphatic heterocycles. The highest BCUT2D eigenvalue weighted by Gasteiger charge is 2.19. The zero-order valence-corrected chi connectivity index (χ0v) is 15.4. The van der Waals surface area contributed by atoms with E-state index >= 15 is 0 Å². The summed E-state index contributed by atoms with van der Waals surface area (Å²) in [4.78, 5) is 11.0. The molecule has 2 aromatic carbocycles. The minimum Gasteiger partial charge on any atom is -0.311 e. The molecule has 0 atom stereocenters. The molecule has 4 rings (SSSR count). The fourth-order valence-corrected chi connectivity index (χ4v) is 3.61. The van der Waals surface area contributed by atoms with Crippen LogP contribution in [-0.2, 0) is 6.54 Å². The molecule has 0 aliphatic rings. The summed E-state index contributed by atoms with van der Waals surface area (Å²) in [6.45, 7) is 0.0649. The Morgan fingerprint density at radius 3 is 2.37 bits per heavy atom. The molecule has 2 heterocycles. The smallest absolute Gasteiger partial charge is 0.192 e. The SMILES string of the molecule is Cl.Fc1cc(F)cc(CN(c2nc3cccnc3s2)c2ccccc2F)c1. The number of pyridine rings is 1. The second kappa shape index (κ2) is 7.94. The van der Waals surface area contributed by atoms with Crippen LogP contribution in [0, 0.1) is 17.5 Å². The lowest BCUT2D eigenvalue weighted by Gasteiger charge is -2.22. The van der Waals surface area contributed by atoms with Crippen LogP contribution in [0.15, 0.2) is 60.8 Å². The Morgan fingerprint density at radius 1 is 0.926 bits per heavy atom. The van der Waals surface area contributed by atoms with Crippen molar-refractivity contribution in [2.24, 2.45) is 0 Å². The number of benzene rings is 2. The number of hydrogen-bond donors (Lipinski definition) is 0. The highest BCUT2D eigenvalue weighted by atomic mass is 35.5. The van der Waals surface area contributed by atoms with Gasteiger partial charge in [-0.2, -0.15) is 0 Å². The predicted octanol–water partition coefficient (Wildman–Crippen LogP) is 5.87. The molecule has 0 fully saturated rings. The number of rotatable bonds is 4. The zero-order valence-electron chi connectivity index (χ0n) is 13.8. The van der Waals surface area contributed by atoms with E-state index in [1.807, 2.05) is 6.07 Å². The Hall–Kier alpha value is -2.64. The minimum atomic E-state index is -0.681. The molecule has 0 radical (unpaired) electrons. The number of anilines is 2. The van der Waals surface area contributed by atoms with Crippen molar-refractivity contribution in [2.75, 3.05) is 4.90 Å². The molecule has 0 saturated heterocycles. The van der Waals surface area contributed by atoms with Crippen molar-refractivity contribution in [1.82, 2.24) is 9.97 Å². The quantitative estimate of drug-likeness (QED) is 0.423. The summed E-state index contributed by atoms with van der Waals surface area (Å²) in [6, 6.07) is 13.0. The average molecular weight is 408 g/mol. The van der Waals surface area contributed by atoms with Gasteiger partial charge >= 0.3 is 0 Å². The summed E-state index contributed by atoms with van der Waals surface area (Å²) in [5.74, 6) is -1.81. The summed E-state index contributed by atoms with van der Waals surface area (Å²) in [6.07, 6.45) is 1.65. The largest absolute Gasteiger partial charge is 0.311 e. The molecule has 2 aromatic heterocycles. The lowest BCUT2D eigenvalue weighted by Crippen LogP contribution is -2.17. The van der Waals surface area contributed by atoms with Gasteiger partial charge in [-0.05, 0) is 42.0 Å². The van der Waals surface area contributed by atoms with Gasteiger partial charge in [-0.25, -0.2) is 23.1 Å². The molecule has 0 bridgehead atoms. The molecule has 0 amide bonds. The summed E-state index contributed by atoms with van der Waals surface area (Å²) >= 11 is 1.29. The summed E-state index contributed by atoms with van der Waals surface area (Å²) in [5, 5.41) is 0.494. The van der Waals surface area contributed by atoms with Gasteiger partial charge in [0.25, 0.3) is 0 Å². The lowest BCUT2D eigenvalue weighted by molar-refractivity contribution is 0.579. The maximum Gasteiger partial charge on any atom is 0.192 e. The Kier molecular flexibility index (Phi) is 5.62. The fraction of sp³-hybridized carbons (Fsp3) is 0.0526. The lowest BCUT2D eigenvalue weighted by atomic mass is 10.2. The van der Waals surface area contributed by atoms with Crippen LogP contribution in [-0.4, -0.2) is 9.97 Å². The molecule has 3 nitrogen and oxygen atoms in total. The van der Waals surface area contributed by atoms with Gasteiger partial charge in [0.2, 0.25) is 0 Å². The number of halogens is 4. The predicted molar refractivity (Wildman–Crippen MR) is 103 cm³/mol. The van der Waals surface area contributed by atoms with Gasteiger partial charge in [0.15, 0.2) is 5.13 Å². The van der Waals surface area contributed by atoms with E-state index in [-0.39, 0.29) is 24.6 Å². The maximum atomic E-state index is 14.4. The van der Waals surface area contributed by atoms with Gasteiger partial charge in [-0.1, -0.05) is 23.5 Å². The van der Waals surface area contributed by atoms with E-state index in [1.54, 1.807) is 35.4 Å². The van der Waals surface area contributed by atoms with E-state index in [4.69, 9.17) is 0 Å². The van der Waals surface area contributed by atoms with Crippen molar-refractivity contribution >= 4 is 44.9 Å². The Morgan fingerprint density at radius 2 is 1.67 bits per heavy atom. The number of para-hydroxylation sites is 1. The van der Waals surface area contributed by atoms with Gasteiger partial charge < -0.3 is 4.90 Å². The van der Waals surface area contributed by atoms with Crippen molar-refractivity contribution in [3.05, 3.63) is 83.8 Å². The maximum absolute atomic E-state index is 14.4. The van der Waals surface area contributed by atoms with Crippen LogP contribution in [0.4, 0.5) is 24.0 Å². The van der Waals surface area contributed by atoms with Crippen LogP contribution in [0.5, 0.6) is 0 Å². The summed E-state index contributed by atoms with van der Waals surface area (Å²) < 4.78 is 41.6. The van der Waals surface area contributed by atoms with Crippen LogP contribution >= 0.6 is 23.7 Å². The number of hydrogen-bond acceptors (Lipinski definition) is 4. The molecular weight excluding hydrogens is 395 g/mol. The average Bonchev–Trinajstić information content (AvgIpc) is 3.03. The van der Waals surface area contributed by atoms with Crippen molar-refractivity contribution in [3.8, 4) is 0 Å². The van der Waals surface area contributed by atoms with E-state index in [2.05, 4.69) is 9.97 Å². The first-order valence-electron chi connectivity index (χ1n) is 7.79. The van der Waals surface area contributed by atoms with Crippen molar-refractivity contribution in [3.63, 3.8) is 0 Å². The van der Waals surface area contributed by atoms with E-state index in [1.165, 1.54) is 29.5 Å². The van der Waals surface area contributed by atoms with Crippen molar-refractivity contribution in [1.29, 1.82) is 0 Å². The van der Waals surface area contributed by atoms with Gasteiger partial charge in [0.05, 0.1) is 12.2 Å². The van der Waals surface area contributed by atoms with Crippen LogP contribution in [0.25, 0.3) is 10.3 Å². The highest BCUT2D eigenvalue weighted by Crippen LogP contribution is 2.35. The standard InChI is InChI=1S/C19H12F3N3S.ClH/c20-13-8-12(9-14(21)10-13)11-25(17-6-2-1-4-15(17)22)19-24-16-5-3-7-23-18(16)26-19;/h1-10H,11H2;1H. The minimum absolute atomic E-state index is 0. The second-order valence-electron chi connectivity index (χ2n) is 5.64. The molecule has 0 spiro atoms. The first kappa shape index (κ1) is 19.1. The number of thiazole rings is 1. The monoisotopic (exact) mass is 407 g/mol. The number of fused-ring (bicyclic) bond motifs is 1. The Bertz CT molecular complexity index is 1030. The van der Waals surface area contributed by atoms with Crippen LogP contribution in [0.3, 0.4) is 0 Å². The molecule has 27 heavy (non-hydrogen) atoms. The molecule has 0 saturated carbocycles. The molecule has 0 N–H and O–H groups in total. The van der Waals surface area contributed by atoms with Crippen LogP contribution in [0.2, 0.25) is 0 Å². The Balaban J connectivity index is 0.00000210. The van der Waals surface area contributed by atoms with E-state index < -0.39 is 17.5 Å². The molecular formula is C19H13ClF3N3S. The third-order valence-corrected chi connectivity index (χ3v) is 4.79. The topological polar surface area (TPSA) is 29.0 Å². The second-order valence-corrected chi connectivity index (χ2v) is 6.60. The number of aromatic nitrogens is 2.